The van der Waals surface area contributed by atoms with Gasteiger partial charge in [0, 0.05) is 25.6 Å². The minimum Gasteiger partial charge on any atom is -0.396 e. The van der Waals surface area contributed by atoms with Crippen LogP contribution in [0.4, 0.5) is 0 Å². The molecule has 1 amide bonds. The topological polar surface area (TPSA) is 40.5 Å². The largest absolute Gasteiger partial charge is 0.396 e. The van der Waals surface area contributed by atoms with E-state index >= 15 is 0 Å². The standard InChI is InChI=1S/C13H23NO2/c15-10-4-8-13(16)14-9-3-6-11-5-1-2-7-12(11)14/h11-12,15H,1-10H2. The average Bonchev–Trinajstić information content (AvgIpc) is 2.35. The molecule has 2 fully saturated rings. The van der Waals surface area contributed by atoms with Gasteiger partial charge in [-0.25, -0.2) is 0 Å². The summed E-state index contributed by atoms with van der Waals surface area (Å²) in [5.41, 5.74) is 0. The molecular formula is C13H23NO2. The Balaban J connectivity index is 1.93. The summed E-state index contributed by atoms with van der Waals surface area (Å²) in [7, 11) is 0. The molecule has 2 unspecified atom stereocenters. The summed E-state index contributed by atoms with van der Waals surface area (Å²) in [6, 6.07) is 0.522. The fourth-order valence-corrected chi connectivity index (χ4v) is 3.31. The molecule has 1 saturated heterocycles. The lowest BCUT2D eigenvalue weighted by Crippen LogP contribution is -2.49. The van der Waals surface area contributed by atoms with E-state index in [-0.39, 0.29) is 12.5 Å². The lowest BCUT2D eigenvalue weighted by Gasteiger charge is -2.44. The van der Waals surface area contributed by atoms with Crippen LogP contribution >= 0.6 is 0 Å². The zero-order valence-electron chi connectivity index (χ0n) is 10.0. The van der Waals surface area contributed by atoms with E-state index in [1.54, 1.807) is 0 Å². The van der Waals surface area contributed by atoms with Crippen molar-refractivity contribution in [3.05, 3.63) is 0 Å². The Bertz CT molecular complexity index is 240. The highest BCUT2D eigenvalue weighted by atomic mass is 16.3. The van der Waals surface area contributed by atoms with Crippen LogP contribution in [0.25, 0.3) is 0 Å². The Kier molecular flexibility index (Phi) is 4.22. The van der Waals surface area contributed by atoms with Crippen molar-refractivity contribution in [3.63, 3.8) is 0 Å². The maximum atomic E-state index is 12.0. The molecule has 3 heteroatoms. The number of rotatable bonds is 3. The first-order chi connectivity index (χ1) is 7.83. The third-order valence-corrected chi connectivity index (χ3v) is 4.11. The summed E-state index contributed by atoms with van der Waals surface area (Å²) in [4.78, 5) is 14.1. The Morgan fingerprint density at radius 3 is 2.75 bits per heavy atom. The van der Waals surface area contributed by atoms with E-state index < -0.39 is 0 Å². The van der Waals surface area contributed by atoms with Crippen LogP contribution in [0.3, 0.4) is 0 Å². The molecule has 1 aliphatic carbocycles. The van der Waals surface area contributed by atoms with Gasteiger partial charge in [0.1, 0.15) is 0 Å². The van der Waals surface area contributed by atoms with E-state index in [1.807, 2.05) is 0 Å². The third kappa shape index (κ3) is 2.57. The fraction of sp³-hybridized carbons (Fsp3) is 0.923. The molecule has 2 aliphatic rings. The van der Waals surface area contributed by atoms with Gasteiger partial charge in [-0.05, 0) is 38.0 Å². The predicted molar refractivity (Wildman–Crippen MR) is 63.0 cm³/mol. The fourth-order valence-electron chi connectivity index (χ4n) is 3.31. The van der Waals surface area contributed by atoms with Crippen molar-refractivity contribution < 1.29 is 9.90 Å². The summed E-state index contributed by atoms with van der Waals surface area (Å²) in [5.74, 6) is 1.03. The van der Waals surface area contributed by atoms with E-state index in [0.717, 1.165) is 12.5 Å². The maximum Gasteiger partial charge on any atom is 0.222 e. The molecule has 16 heavy (non-hydrogen) atoms. The highest BCUT2D eigenvalue weighted by Gasteiger charge is 2.35. The highest BCUT2D eigenvalue weighted by molar-refractivity contribution is 5.76. The summed E-state index contributed by atoms with van der Waals surface area (Å²) >= 11 is 0. The first kappa shape index (κ1) is 11.9. The van der Waals surface area contributed by atoms with Crippen LogP contribution in [0, 0.1) is 5.92 Å². The van der Waals surface area contributed by atoms with Gasteiger partial charge >= 0.3 is 0 Å². The molecule has 92 valence electrons. The lowest BCUT2D eigenvalue weighted by molar-refractivity contribution is -0.137. The molecule has 0 aromatic carbocycles. The van der Waals surface area contributed by atoms with Crippen molar-refractivity contribution in [1.29, 1.82) is 0 Å². The molecule has 1 heterocycles. The van der Waals surface area contributed by atoms with Gasteiger partial charge < -0.3 is 10.0 Å². The zero-order valence-corrected chi connectivity index (χ0v) is 10.0. The number of piperidine rings is 1. The summed E-state index contributed by atoms with van der Waals surface area (Å²) in [5, 5.41) is 8.78. The summed E-state index contributed by atoms with van der Waals surface area (Å²) in [6.07, 6.45) is 8.78. The molecular weight excluding hydrogens is 202 g/mol. The minimum atomic E-state index is 0.133. The minimum absolute atomic E-state index is 0.133. The Morgan fingerprint density at radius 1 is 1.19 bits per heavy atom. The number of nitrogens with zero attached hydrogens (tertiary/aromatic N) is 1. The van der Waals surface area contributed by atoms with Gasteiger partial charge in [0.25, 0.3) is 0 Å². The smallest absolute Gasteiger partial charge is 0.222 e. The van der Waals surface area contributed by atoms with Crippen LogP contribution in [-0.4, -0.2) is 35.1 Å². The average molecular weight is 225 g/mol. The molecule has 0 spiro atoms. The molecule has 2 atom stereocenters. The SMILES string of the molecule is O=C(CCCO)N1CCCC2CCCCC21. The van der Waals surface area contributed by atoms with Gasteiger partial charge in [0.15, 0.2) is 0 Å². The second-order valence-corrected chi connectivity index (χ2v) is 5.17. The van der Waals surface area contributed by atoms with Gasteiger partial charge in [0.05, 0.1) is 0 Å². The van der Waals surface area contributed by atoms with Crippen molar-refractivity contribution in [2.75, 3.05) is 13.2 Å². The molecule has 1 N–H and O–H groups in total. The number of carbonyl (C=O) groups is 1. The molecule has 2 rings (SSSR count). The number of aliphatic hydroxyl groups excluding tert-OH is 1. The quantitative estimate of drug-likeness (QED) is 0.797. The molecule has 0 radical (unpaired) electrons. The third-order valence-electron chi connectivity index (χ3n) is 4.11. The van der Waals surface area contributed by atoms with Crippen molar-refractivity contribution in [3.8, 4) is 0 Å². The number of aliphatic hydroxyl groups is 1. The molecule has 3 nitrogen and oxygen atoms in total. The van der Waals surface area contributed by atoms with Crippen molar-refractivity contribution >= 4 is 5.91 Å². The van der Waals surface area contributed by atoms with Crippen molar-refractivity contribution in [2.24, 2.45) is 5.92 Å². The van der Waals surface area contributed by atoms with Crippen LogP contribution < -0.4 is 0 Å². The Morgan fingerprint density at radius 2 is 1.94 bits per heavy atom. The monoisotopic (exact) mass is 225 g/mol. The van der Waals surface area contributed by atoms with E-state index in [9.17, 15) is 4.79 Å². The maximum absolute atomic E-state index is 12.0. The van der Waals surface area contributed by atoms with E-state index in [2.05, 4.69) is 4.90 Å². The summed E-state index contributed by atoms with van der Waals surface area (Å²) in [6.45, 7) is 1.08. The molecule has 0 bridgehead atoms. The van der Waals surface area contributed by atoms with Crippen LogP contribution in [0.2, 0.25) is 0 Å². The normalized spacial score (nSPS) is 29.9. The number of likely N-dealkylation sites (tertiary alicyclic amines) is 1. The second-order valence-electron chi connectivity index (χ2n) is 5.17. The Hall–Kier alpha value is -0.570. The molecule has 0 aromatic heterocycles. The molecule has 1 aliphatic heterocycles. The van der Waals surface area contributed by atoms with Crippen LogP contribution in [0.1, 0.15) is 51.4 Å². The number of hydrogen-bond acceptors (Lipinski definition) is 2. The first-order valence-electron chi connectivity index (χ1n) is 6.73. The number of amides is 1. The van der Waals surface area contributed by atoms with Gasteiger partial charge in [-0.2, -0.15) is 0 Å². The molecule has 1 saturated carbocycles. The van der Waals surface area contributed by atoms with E-state index in [1.165, 1.54) is 38.5 Å². The van der Waals surface area contributed by atoms with Gasteiger partial charge in [-0.1, -0.05) is 12.8 Å². The zero-order chi connectivity index (χ0) is 11.4. The number of hydrogen-bond donors (Lipinski definition) is 1. The van der Waals surface area contributed by atoms with Crippen molar-refractivity contribution in [2.45, 2.75) is 57.4 Å². The second kappa shape index (κ2) is 5.67. The molecule has 0 aromatic rings. The number of fused-ring (bicyclic) bond motifs is 1. The highest BCUT2D eigenvalue weighted by Crippen LogP contribution is 2.35. The van der Waals surface area contributed by atoms with E-state index in [4.69, 9.17) is 5.11 Å². The van der Waals surface area contributed by atoms with Gasteiger partial charge in [-0.15, -0.1) is 0 Å². The van der Waals surface area contributed by atoms with Gasteiger partial charge in [0.2, 0.25) is 5.91 Å². The van der Waals surface area contributed by atoms with Crippen LogP contribution in [-0.2, 0) is 4.79 Å². The van der Waals surface area contributed by atoms with Crippen LogP contribution in [0.15, 0.2) is 0 Å². The number of carbonyl (C=O) groups excluding carboxylic acids is 1. The van der Waals surface area contributed by atoms with Gasteiger partial charge in [-0.3, -0.25) is 4.79 Å². The Labute approximate surface area is 97.8 Å². The lowest BCUT2D eigenvalue weighted by atomic mass is 9.78. The predicted octanol–water partition coefficient (Wildman–Crippen LogP) is 1.94. The van der Waals surface area contributed by atoms with Crippen LogP contribution in [0.5, 0.6) is 0 Å². The van der Waals surface area contributed by atoms with Crippen molar-refractivity contribution in [1.82, 2.24) is 4.90 Å². The first-order valence-corrected chi connectivity index (χ1v) is 6.73. The van der Waals surface area contributed by atoms with E-state index in [0.29, 0.717) is 18.9 Å². The summed E-state index contributed by atoms with van der Waals surface area (Å²) < 4.78 is 0.